The van der Waals surface area contributed by atoms with Crippen LogP contribution in [0.4, 0.5) is 32.0 Å². The van der Waals surface area contributed by atoms with E-state index in [-0.39, 0.29) is 23.0 Å². The third kappa shape index (κ3) is 5.56. The molecule has 186 valence electrons. The number of aryl methyl sites for hydroxylation is 1. The fraction of sp³-hybridized carbons (Fsp3) is 0.160. The predicted octanol–water partition coefficient (Wildman–Crippen LogP) is 6.59. The number of nitrogens with zero attached hydrogens (tertiary/aromatic N) is 3. The zero-order chi connectivity index (χ0) is 26.1. The molecule has 0 saturated heterocycles. The first kappa shape index (κ1) is 25.0. The fourth-order valence-corrected chi connectivity index (χ4v) is 3.57. The molecule has 0 spiro atoms. The van der Waals surface area contributed by atoms with E-state index in [1.165, 1.54) is 0 Å². The Balaban J connectivity index is 1.77. The molecule has 0 saturated carbocycles. The summed E-state index contributed by atoms with van der Waals surface area (Å²) < 4.78 is 80.9. The molecule has 0 aliphatic carbocycles. The standard InChI is InChI=1S/C25H18F6N4O/c1-15-7-9-20(10-8-15)32-23(36)21-22(17-5-3-2-4-6-17)35(34-33-21)14-16-11-18(24(26,27)28)13-19(12-16)25(29,30)31/h2-13H,14H2,1H3,(H,32,36). The van der Waals surface area contributed by atoms with Crippen LogP contribution in [0.1, 0.15) is 32.7 Å². The van der Waals surface area contributed by atoms with Gasteiger partial charge < -0.3 is 5.32 Å². The van der Waals surface area contributed by atoms with Crippen LogP contribution in [0.15, 0.2) is 72.8 Å². The summed E-state index contributed by atoms with van der Waals surface area (Å²) in [5.41, 5.74) is -1.26. The summed E-state index contributed by atoms with van der Waals surface area (Å²) in [5.74, 6) is -0.635. The van der Waals surface area contributed by atoms with Crippen molar-refractivity contribution in [2.24, 2.45) is 0 Å². The van der Waals surface area contributed by atoms with E-state index < -0.39 is 35.9 Å². The summed E-state index contributed by atoms with van der Waals surface area (Å²) in [5, 5.41) is 10.5. The van der Waals surface area contributed by atoms with Crippen LogP contribution in [-0.2, 0) is 18.9 Å². The van der Waals surface area contributed by atoms with E-state index in [1.54, 1.807) is 54.6 Å². The number of alkyl halides is 6. The van der Waals surface area contributed by atoms with E-state index in [9.17, 15) is 31.1 Å². The number of aromatic nitrogens is 3. The van der Waals surface area contributed by atoms with Crippen molar-refractivity contribution < 1.29 is 31.1 Å². The van der Waals surface area contributed by atoms with E-state index in [2.05, 4.69) is 15.6 Å². The zero-order valence-electron chi connectivity index (χ0n) is 18.7. The summed E-state index contributed by atoms with van der Waals surface area (Å²) in [6.07, 6.45) is -9.97. The summed E-state index contributed by atoms with van der Waals surface area (Å²) in [6, 6.07) is 16.6. The van der Waals surface area contributed by atoms with Gasteiger partial charge in [-0.1, -0.05) is 53.2 Å². The van der Waals surface area contributed by atoms with E-state index in [4.69, 9.17) is 0 Å². The summed E-state index contributed by atoms with van der Waals surface area (Å²) in [4.78, 5) is 13.0. The molecule has 4 aromatic rings. The van der Waals surface area contributed by atoms with Crippen molar-refractivity contribution in [3.8, 4) is 11.3 Å². The van der Waals surface area contributed by atoms with Gasteiger partial charge in [0.15, 0.2) is 5.69 Å². The van der Waals surface area contributed by atoms with Crippen LogP contribution in [0.2, 0.25) is 0 Å². The normalized spacial score (nSPS) is 12.0. The first-order valence-electron chi connectivity index (χ1n) is 10.6. The van der Waals surface area contributed by atoms with E-state index >= 15 is 0 Å². The molecule has 0 unspecified atom stereocenters. The summed E-state index contributed by atoms with van der Waals surface area (Å²) >= 11 is 0. The Bertz CT molecular complexity index is 1340. The molecule has 1 N–H and O–H groups in total. The Morgan fingerprint density at radius 2 is 1.44 bits per heavy atom. The Hall–Kier alpha value is -4.15. The number of carbonyl (C=O) groups excluding carboxylic acids is 1. The fourth-order valence-electron chi connectivity index (χ4n) is 3.57. The molecule has 5 nitrogen and oxygen atoms in total. The maximum atomic E-state index is 13.3. The van der Waals surface area contributed by atoms with Crippen LogP contribution in [0.5, 0.6) is 0 Å². The van der Waals surface area contributed by atoms with Gasteiger partial charge in [0.2, 0.25) is 0 Å². The van der Waals surface area contributed by atoms with Crippen LogP contribution in [-0.4, -0.2) is 20.9 Å². The zero-order valence-corrected chi connectivity index (χ0v) is 18.7. The van der Waals surface area contributed by atoms with Crippen LogP contribution in [0.25, 0.3) is 11.3 Å². The molecule has 3 aromatic carbocycles. The number of anilines is 1. The average molecular weight is 504 g/mol. The number of nitrogens with one attached hydrogen (secondary N) is 1. The molecule has 0 aliphatic heterocycles. The second kappa shape index (κ2) is 9.48. The number of hydrogen-bond donors (Lipinski definition) is 1. The predicted molar refractivity (Wildman–Crippen MR) is 120 cm³/mol. The van der Waals surface area contributed by atoms with Gasteiger partial charge >= 0.3 is 12.4 Å². The highest BCUT2D eigenvalue weighted by Crippen LogP contribution is 2.36. The molecule has 1 heterocycles. The van der Waals surface area contributed by atoms with Crippen molar-refractivity contribution in [1.29, 1.82) is 0 Å². The summed E-state index contributed by atoms with van der Waals surface area (Å²) in [7, 11) is 0. The first-order valence-corrected chi connectivity index (χ1v) is 10.6. The highest BCUT2D eigenvalue weighted by atomic mass is 19.4. The van der Waals surface area contributed by atoms with Gasteiger partial charge in [-0.25, -0.2) is 4.68 Å². The lowest BCUT2D eigenvalue weighted by atomic mass is 10.0. The minimum absolute atomic E-state index is 0.0589. The third-order valence-electron chi connectivity index (χ3n) is 5.29. The van der Waals surface area contributed by atoms with E-state index in [1.807, 2.05) is 6.92 Å². The molecule has 0 fully saturated rings. The largest absolute Gasteiger partial charge is 0.416 e. The lowest BCUT2D eigenvalue weighted by Gasteiger charge is -2.15. The number of benzene rings is 3. The van der Waals surface area contributed by atoms with Gasteiger partial charge in [0, 0.05) is 11.3 Å². The van der Waals surface area contributed by atoms with Crippen molar-refractivity contribution in [2.75, 3.05) is 5.32 Å². The minimum atomic E-state index is -4.99. The Morgan fingerprint density at radius 1 is 0.861 bits per heavy atom. The van der Waals surface area contributed by atoms with Crippen LogP contribution in [0.3, 0.4) is 0 Å². The maximum absolute atomic E-state index is 13.3. The molecule has 1 aromatic heterocycles. The maximum Gasteiger partial charge on any atom is 0.416 e. The molecular formula is C25H18F6N4O. The Morgan fingerprint density at radius 3 is 2.00 bits per heavy atom. The molecule has 4 rings (SSSR count). The van der Waals surface area contributed by atoms with Gasteiger partial charge in [-0.15, -0.1) is 5.10 Å². The quantitative estimate of drug-likeness (QED) is 0.312. The highest BCUT2D eigenvalue weighted by molar-refractivity contribution is 6.06. The van der Waals surface area contributed by atoms with Crippen molar-refractivity contribution in [3.05, 3.63) is 101 Å². The second-order valence-electron chi connectivity index (χ2n) is 8.04. The third-order valence-corrected chi connectivity index (χ3v) is 5.29. The number of halogens is 6. The van der Waals surface area contributed by atoms with Gasteiger partial charge in [-0.2, -0.15) is 26.3 Å². The summed E-state index contributed by atoms with van der Waals surface area (Å²) in [6.45, 7) is 1.39. The molecule has 1 amide bonds. The number of rotatable bonds is 5. The van der Waals surface area contributed by atoms with E-state index in [0.29, 0.717) is 23.4 Å². The first-order chi connectivity index (χ1) is 16.9. The van der Waals surface area contributed by atoms with Gasteiger partial charge in [-0.05, 0) is 42.8 Å². The van der Waals surface area contributed by atoms with Crippen molar-refractivity contribution in [1.82, 2.24) is 15.0 Å². The van der Waals surface area contributed by atoms with Gasteiger partial charge in [0.05, 0.1) is 17.7 Å². The molecule has 11 heteroatoms. The minimum Gasteiger partial charge on any atom is -0.321 e. The molecule has 0 aliphatic rings. The highest BCUT2D eigenvalue weighted by Gasteiger charge is 2.37. The monoisotopic (exact) mass is 504 g/mol. The van der Waals surface area contributed by atoms with Crippen molar-refractivity contribution in [2.45, 2.75) is 25.8 Å². The van der Waals surface area contributed by atoms with Gasteiger partial charge in [0.1, 0.15) is 5.69 Å². The van der Waals surface area contributed by atoms with Gasteiger partial charge in [0.25, 0.3) is 5.91 Å². The van der Waals surface area contributed by atoms with Crippen molar-refractivity contribution in [3.63, 3.8) is 0 Å². The molecular weight excluding hydrogens is 486 g/mol. The lowest BCUT2D eigenvalue weighted by Crippen LogP contribution is -2.15. The van der Waals surface area contributed by atoms with Crippen molar-refractivity contribution >= 4 is 11.6 Å². The van der Waals surface area contributed by atoms with Crippen LogP contribution >= 0.6 is 0 Å². The lowest BCUT2D eigenvalue weighted by molar-refractivity contribution is -0.143. The molecule has 36 heavy (non-hydrogen) atoms. The molecule has 0 atom stereocenters. The Labute approximate surface area is 201 Å². The second-order valence-corrected chi connectivity index (χ2v) is 8.04. The number of amides is 1. The molecule has 0 radical (unpaired) electrons. The number of hydrogen-bond acceptors (Lipinski definition) is 3. The average Bonchev–Trinajstić information content (AvgIpc) is 3.23. The van der Waals surface area contributed by atoms with Crippen LogP contribution in [0, 0.1) is 6.92 Å². The Kier molecular flexibility index (Phi) is 6.57. The SMILES string of the molecule is Cc1ccc(NC(=O)c2nnn(Cc3cc(C(F)(F)F)cc(C(F)(F)F)c3)c2-c2ccccc2)cc1. The van der Waals surface area contributed by atoms with E-state index in [0.717, 1.165) is 10.2 Å². The number of carbonyl (C=O) groups is 1. The van der Waals surface area contributed by atoms with Gasteiger partial charge in [-0.3, -0.25) is 4.79 Å². The van der Waals surface area contributed by atoms with Crippen LogP contribution < -0.4 is 5.32 Å². The topological polar surface area (TPSA) is 59.8 Å². The smallest absolute Gasteiger partial charge is 0.321 e. The molecule has 0 bridgehead atoms.